The summed E-state index contributed by atoms with van der Waals surface area (Å²) in [5.74, 6) is -0.1000. The Bertz CT molecular complexity index is 104. The number of rotatable bonds is 4. The number of carboxylic acids is 1. The van der Waals surface area contributed by atoms with Crippen molar-refractivity contribution < 1.29 is 32.4 Å². The number of thioether (sulfide) groups is 1. The van der Waals surface area contributed by atoms with Crippen molar-refractivity contribution in [1.29, 1.82) is 0 Å². The predicted molar refractivity (Wildman–Crippen MR) is 42.2 cm³/mol. The summed E-state index contributed by atoms with van der Waals surface area (Å²) in [5, 5.41) is 8.27. The largest absolute Gasteiger partial charge is 0.480 e. The third kappa shape index (κ3) is 10.3. The molecule has 0 saturated heterocycles. The van der Waals surface area contributed by atoms with Crippen LogP contribution in [-0.2, 0) is 21.9 Å². The Labute approximate surface area is 80.7 Å². The van der Waals surface area contributed by atoms with Gasteiger partial charge in [-0.1, -0.05) is 0 Å². The molecule has 0 aromatic carbocycles. The van der Waals surface area contributed by atoms with Crippen LogP contribution in [0.5, 0.6) is 0 Å². The van der Waals surface area contributed by atoms with Crippen molar-refractivity contribution >= 4 is 17.7 Å². The van der Waals surface area contributed by atoms with Crippen LogP contribution in [0, 0.1) is 0 Å². The Hall–Kier alpha value is 0.259. The van der Waals surface area contributed by atoms with Gasteiger partial charge in [0.1, 0.15) is 6.04 Å². The van der Waals surface area contributed by atoms with Crippen molar-refractivity contribution in [3.05, 3.63) is 0 Å². The summed E-state index contributed by atoms with van der Waals surface area (Å²) in [5.41, 5.74) is 5.19. The van der Waals surface area contributed by atoms with Crippen LogP contribution >= 0.6 is 11.8 Å². The molecule has 4 nitrogen and oxygen atoms in total. The van der Waals surface area contributed by atoms with Crippen molar-refractivity contribution in [3.8, 4) is 0 Å². The fourth-order valence-electron chi connectivity index (χ4n) is 0.368. The number of carbonyl (C=O) groups is 1. The molecule has 0 rings (SSSR count). The molecule has 0 aliphatic rings. The quantitative estimate of drug-likeness (QED) is 0.617. The zero-order valence-electron chi connectivity index (χ0n) is 6.19. The van der Waals surface area contributed by atoms with E-state index in [0.29, 0.717) is 6.42 Å². The summed E-state index contributed by atoms with van der Waals surface area (Å²) in [4.78, 5) is 10.1. The van der Waals surface area contributed by atoms with E-state index < -0.39 is 12.0 Å². The monoisotopic (exact) mass is 223 g/mol. The molecular formula is C5H13FeNO3S. The third-order valence-electron chi connectivity index (χ3n) is 0.950. The van der Waals surface area contributed by atoms with E-state index in [1.54, 1.807) is 11.8 Å². The van der Waals surface area contributed by atoms with Gasteiger partial charge in [-0.05, 0) is 18.4 Å². The molecule has 11 heavy (non-hydrogen) atoms. The topological polar surface area (TPSA) is 94.8 Å². The molecule has 6 heteroatoms. The fraction of sp³-hybridized carbons (Fsp3) is 0.800. The SMILES string of the molecule is CSCCC(N)C(=O)O.O.[Fe]. The van der Waals surface area contributed by atoms with E-state index in [-0.39, 0.29) is 22.5 Å². The maximum Gasteiger partial charge on any atom is 0.320 e. The van der Waals surface area contributed by atoms with E-state index in [1.165, 1.54) is 0 Å². The summed E-state index contributed by atoms with van der Waals surface area (Å²) in [6.07, 6.45) is 2.48. The maximum absolute atomic E-state index is 10.1. The number of carboxylic acid groups (broad SMARTS) is 1. The van der Waals surface area contributed by atoms with Crippen LogP contribution in [0.4, 0.5) is 0 Å². The van der Waals surface area contributed by atoms with E-state index >= 15 is 0 Å². The maximum atomic E-state index is 10.1. The molecule has 0 aliphatic heterocycles. The minimum atomic E-state index is -0.913. The molecule has 0 radical (unpaired) electrons. The first-order chi connectivity index (χ1) is 4.18. The third-order valence-corrected chi connectivity index (χ3v) is 1.59. The number of nitrogens with two attached hydrogens (primary N) is 1. The van der Waals surface area contributed by atoms with Crippen LogP contribution in [0.1, 0.15) is 6.42 Å². The van der Waals surface area contributed by atoms with Gasteiger partial charge in [0.25, 0.3) is 0 Å². The molecule has 0 amide bonds. The second-order valence-corrected chi connectivity index (χ2v) is 2.71. The predicted octanol–water partition coefficient (Wildman–Crippen LogP) is -0.676. The van der Waals surface area contributed by atoms with E-state index in [2.05, 4.69) is 0 Å². The zero-order valence-corrected chi connectivity index (χ0v) is 8.11. The number of hydrogen-bond donors (Lipinski definition) is 2. The van der Waals surface area contributed by atoms with Gasteiger partial charge in [0.15, 0.2) is 0 Å². The second kappa shape index (κ2) is 10.3. The molecule has 0 bridgehead atoms. The van der Waals surface area contributed by atoms with Crippen molar-refractivity contribution in [2.75, 3.05) is 12.0 Å². The molecule has 1 atom stereocenters. The molecule has 0 aliphatic carbocycles. The Morgan fingerprint density at radius 2 is 2.18 bits per heavy atom. The van der Waals surface area contributed by atoms with Crippen molar-refractivity contribution in [1.82, 2.24) is 0 Å². The second-order valence-electron chi connectivity index (χ2n) is 1.73. The number of hydrogen-bond acceptors (Lipinski definition) is 3. The average Bonchev–Trinajstić information content (AvgIpc) is 1.82. The van der Waals surface area contributed by atoms with Crippen LogP contribution < -0.4 is 5.73 Å². The molecular weight excluding hydrogens is 210 g/mol. The minimum absolute atomic E-state index is 0. The fourth-order valence-corrected chi connectivity index (χ4v) is 0.858. The first-order valence-corrected chi connectivity index (χ1v) is 4.05. The molecule has 0 spiro atoms. The van der Waals surface area contributed by atoms with Crippen LogP contribution in [-0.4, -0.2) is 34.6 Å². The summed E-state index contributed by atoms with van der Waals surface area (Å²) in [6, 6.07) is -0.683. The summed E-state index contributed by atoms with van der Waals surface area (Å²) >= 11 is 1.60. The van der Waals surface area contributed by atoms with Gasteiger partial charge in [-0.2, -0.15) is 11.8 Å². The van der Waals surface area contributed by atoms with Crippen molar-refractivity contribution in [2.24, 2.45) is 5.73 Å². The molecule has 5 N–H and O–H groups in total. The van der Waals surface area contributed by atoms with Crippen molar-refractivity contribution in [3.63, 3.8) is 0 Å². The molecule has 0 saturated carbocycles. The van der Waals surface area contributed by atoms with Gasteiger partial charge in [0.2, 0.25) is 0 Å². The minimum Gasteiger partial charge on any atom is -0.480 e. The van der Waals surface area contributed by atoms with Crippen molar-refractivity contribution in [2.45, 2.75) is 12.5 Å². The molecule has 1 unspecified atom stereocenters. The standard InChI is InChI=1S/C5H11NO2S.Fe.H2O/c1-9-3-2-4(6)5(7)8;;/h4H,2-3,6H2,1H3,(H,7,8);;1H2. The van der Waals surface area contributed by atoms with Gasteiger partial charge in [-0.25, -0.2) is 0 Å². The zero-order chi connectivity index (χ0) is 7.28. The van der Waals surface area contributed by atoms with Gasteiger partial charge in [-0.15, -0.1) is 0 Å². The first kappa shape index (κ1) is 17.4. The molecule has 0 heterocycles. The summed E-state index contributed by atoms with van der Waals surface area (Å²) < 4.78 is 0. The van der Waals surface area contributed by atoms with Crippen LogP contribution in [0.25, 0.3) is 0 Å². The van der Waals surface area contributed by atoms with Crippen LogP contribution in [0.3, 0.4) is 0 Å². The van der Waals surface area contributed by atoms with Gasteiger partial charge in [0.05, 0.1) is 0 Å². The Morgan fingerprint density at radius 3 is 2.45 bits per heavy atom. The normalized spacial score (nSPS) is 10.7. The van der Waals surface area contributed by atoms with Gasteiger partial charge < -0.3 is 16.3 Å². The Morgan fingerprint density at radius 1 is 1.73 bits per heavy atom. The van der Waals surface area contributed by atoms with E-state index in [0.717, 1.165) is 5.75 Å². The van der Waals surface area contributed by atoms with Gasteiger partial charge in [0, 0.05) is 17.1 Å². The van der Waals surface area contributed by atoms with Gasteiger partial charge in [-0.3, -0.25) is 4.79 Å². The van der Waals surface area contributed by atoms with Crippen LogP contribution in [0.15, 0.2) is 0 Å². The molecule has 0 fully saturated rings. The van der Waals surface area contributed by atoms with E-state index in [4.69, 9.17) is 10.8 Å². The molecule has 70 valence electrons. The van der Waals surface area contributed by atoms with E-state index in [9.17, 15) is 4.79 Å². The summed E-state index contributed by atoms with van der Waals surface area (Å²) in [6.45, 7) is 0. The van der Waals surface area contributed by atoms with Crippen LogP contribution in [0.2, 0.25) is 0 Å². The first-order valence-electron chi connectivity index (χ1n) is 2.65. The summed E-state index contributed by atoms with van der Waals surface area (Å²) in [7, 11) is 0. The van der Waals surface area contributed by atoms with E-state index in [1.807, 2.05) is 6.26 Å². The average molecular weight is 223 g/mol. The molecule has 0 aromatic heterocycles. The van der Waals surface area contributed by atoms with Gasteiger partial charge >= 0.3 is 5.97 Å². The molecule has 0 aromatic rings. The smallest absolute Gasteiger partial charge is 0.320 e. The Kier molecular flexibility index (Phi) is 16.2. The number of aliphatic carboxylic acids is 1. The Balaban J connectivity index is -0.000000320.